The minimum atomic E-state index is -2.28. The van der Waals surface area contributed by atoms with Crippen LogP contribution in [0.3, 0.4) is 0 Å². The highest BCUT2D eigenvalue weighted by Crippen LogP contribution is 2.69. The Balaban J connectivity index is 0.000000212. The summed E-state index contributed by atoms with van der Waals surface area (Å²) in [5, 5.41) is 78.2. The van der Waals surface area contributed by atoms with Gasteiger partial charge in [0.05, 0.1) is 77.3 Å². The Kier molecular flexibility index (Phi) is 32.1. The number of rotatable bonds is 27. The first-order valence-corrected chi connectivity index (χ1v) is 48.6. The first-order valence-electron chi connectivity index (χ1n) is 48.6. The number of nitrogens with one attached hydrogen (secondary N) is 2. The molecule has 22 atom stereocenters. The number of esters is 8. The first-order chi connectivity index (χ1) is 70.0. The normalized spacial score (nSPS) is 28.3. The molecule has 8 aromatic carbocycles. The molecular weight excluding hydrogens is 1910 g/mol. The van der Waals surface area contributed by atoms with E-state index in [1.807, 2.05) is 0 Å². The Morgan fingerprint density at radius 2 is 0.743 bits per heavy atom. The molecule has 16 rings (SSSR count). The molecule has 4 bridgehead atoms. The predicted molar refractivity (Wildman–Crippen MR) is 526 cm³/mol. The number of methoxy groups -OCH3 is 1. The van der Waals surface area contributed by atoms with Gasteiger partial charge in [0.2, 0.25) is 6.10 Å². The van der Waals surface area contributed by atoms with Crippen molar-refractivity contribution in [3.63, 3.8) is 0 Å². The summed E-state index contributed by atoms with van der Waals surface area (Å²) < 4.78 is 59.6. The lowest BCUT2D eigenvalue weighted by Crippen LogP contribution is -2.80. The van der Waals surface area contributed by atoms with E-state index in [0.29, 0.717) is 22.3 Å². The number of aliphatic hydroxyl groups excluding tert-OH is 3. The lowest BCUT2D eigenvalue weighted by Gasteiger charge is -2.68. The van der Waals surface area contributed by atoms with Gasteiger partial charge in [0.1, 0.15) is 30.5 Å². The third-order valence-corrected chi connectivity index (χ3v) is 31.3. The molecule has 0 aromatic heterocycles. The highest BCUT2D eigenvalue weighted by atomic mass is 16.6. The number of aromatic carboxylic acids is 1. The lowest BCUT2D eigenvalue weighted by molar-refractivity contribution is -0.339. The van der Waals surface area contributed by atoms with Gasteiger partial charge in [-0.25, -0.2) is 24.0 Å². The highest BCUT2D eigenvalue weighted by molar-refractivity contribution is 6.02. The highest BCUT2D eigenvalue weighted by Gasteiger charge is 2.80. The van der Waals surface area contributed by atoms with Gasteiger partial charge in [-0.3, -0.25) is 52.7 Å². The monoisotopic (exact) mass is 2030 g/mol. The van der Waals surface area contributed by atoms with Gasteiger partial charge < -0.3 is 88.6 Å². The number of Topliss-reactive ketones (excluding diaryl/α,β-unsaturated/α-hetero) is 5. The number of amides is 2. The number of carboxylic acid groups (broad SMARTS) is 1. The van der Waals surface area contributed by atoms with Crippen molar-refractivity contribution in [3.8, 4) is 0 Å². The molecule has 2 amide bonds. The molecule has 2 heterocycles. The molecule has 2 aliphatic heterocycles. The molecule has 2 saturated heterocycles. The fourth-order valence-electron chi connectivity index (χ4n) is 23.6. The average Bonchev–Trinajstić information content (AvgIpc) is 0.669. The zero-order valence-electron chi connectivity index (χ0n) is 84.1. The van der Waals surface area contributed by atoms with Crippen molar-refractivity contribution >= 4 is 94.5 Å². The van der Waals surface area contributed by atoms with Gasteiger partial charge in [-0.05, 0) is 129 Å². The quantitative estimate of drug-likeness (QED) is 0.0103. The van der Waals surface area contributed by atoms with Crippen LogP contribution in [0.1, 0.15) is 235 Å². The van der Waals surface area contributed by atoms with Gasteiger partial charge in [-0.1, -0.05) is 198 Å². The molecule has 4 unspecified atom stereocenters. The molecule has 148 heavy (non-hydrogen) atoms. The van der Waals surface area contributed by atoms with Crippen LogP contribution in [0.25, 0.3) is 0 Å². The van der Waals surface area contributed by atoms with E-state index in [4.69, 9.17) is 52.5 Å². The Morgan fingerprint density at radius 1 is 0.412 bits per heavy atom. The molecule has 0 radical (unpaired) electrons. The number of benzene rings is 8. The molecule has 8 N–H and O–H groups in total. The maximum Gasteiger partial charge on any atom is 0.350 e. The standard InChI is InChI=1S/C57H59NO16.C48H53NO13.C9H8O3/c1-31-41(72-53(67)47(73-52(66)38-25-23-37(24-26-38)51(65)69-7)45(35-19-13-9-14-20-35)58-50(64)36-21-15-10-16-22-36)29-57(68)39(27-40(61)34-17-11-8-12-18-34)48-55(6,42(62)28-43-56(48,30-70-43)74-33(3)60)49(63)46(71-32(2)59)44(31)54(57,4)5;1-26-34(61-44(57)39(54)38(30-18-12-8-13-19-30)49-43(56)31-20-14-9-15-21-31)24-48(58)32(22-33(52)29-16-10-7-11-17-29)41-46(6,35(53)23-36-47(41,25-59-36)62-28(3)51)42(55)40(60-27(2)50)37(26)45(48,4)5;1-6(10)7-2-4-8(5-3-7)9(11)12/h8-26,39,41-43,45-48,62,68H,27-30H2,1-7H3,(H,58,64);7-21,32,34-36,38-41,53-54,58H,22-25H2,1-6H3,(H,49,56);2-5H,1H3,(H,11,12)/t39-,41-,42-,43?,45-,46+,47+,48?,55+,56-,57+;32-,34-,35-,36?,38-,39+,40+,41?,46+,47-,48+;/m00./s1. The maximum absolute atomic E-state index is 15.8. The summed E-state index contributed by atoms with van der Waals surface area (Å²) in [4.78, 5) is 218. The Labute approximate surface area is 853 Å². The summed E-state index contributed by atoms with van der Waals surface area (Å²) in [5.41, 5.74) is -12.0. The maximum atomic E-state index is 15.8. The summed E-state index contributed by atoms with van der Waals surface area (Å²) >= 11 is 0. The van der Waals surface area contributed by atoms with Crippen LogP contribution in [0.2, 0.25) is 0 Å². The van der Waals surface area contributed by atoms with E-state index in [9.17, 15) is 87.9 Å². The van der Waals surface area contributed by atoms with Crippen molar-refractivity contribution in [3.05, 3.63) is 308 Å². The Bertz CT molecular complexity index is 6480. The fraction of sp³-hybridized carbons (Fsp3) is 0.404. The van der Waals surface area contributed by atoms with Gasteiger partial charge in [0.15, 0.2) is 58.4 Å². The molecule has 778 valence electrons. The van der Waals surface area contributed by atoms with Crippen LogP contribution in [0.4, 0.5) is 0 Å². The third kappa shape index (κ3) is 20.6. The number of aliphatic hydroxyl groups is 5. The van der Waals surface area contributed by atoms with Crippen molar-refractivity contribution in [1.29, 1.82) is 0 Å². The minimum absolute atomic E-state index is 0.0121. The van der Waals surface area contributed by atoms with Crippen LogP contribution < -0.4 is 10.6 Å². The summed E-state index contributed by atoms with van der Waals surface area (Å²) in [6.45, 7) is 18.0. The van der Waals surface area contributed by atoms with E-state index in [1.54, 1.807) is 217 Å². The number of hydrogen-bond donors (Lipinski definition) is 8. The molecule has 8 aliphatic rings. The van der Waals surface area contributed by atoms with Gasteiger partial charge in [-0.15, -0.1) is 0 Å². The van der Waals surface area contributed by atoms with Gasteiger partial charge >= 0.3 is 53.7 Å². The number of carbonyl (C=O) groups is 16. The second kappa shape index (κ2) is 43.5. The minimum Gasteiger partial charge on any atom is -0.478 e. The molecule has 8 aromatic rings. The summed E-state index contributed by atoms with van der Waals surface area (Å²) in [6.07, 6.45) is -17.8. The second-order valence-electron chi connectivity index (χ2n) is 40.4. The number of fused-ring (bicyclic) bond motifs is 10. The smallest absolute Gasteiger partial charge is 0.350 e. The van der Waals surface area contributed by atoms with Crippen molar-refractivity contribution in [2.75, 3.05) is 20.3 Å². The average molecular weight is 2030 g/mol. The van der Waals surface area contributed by atoms with Crippen LogP contribution in [0, 0.1) is 45.3 Å². The van der Waals surface area contributed by atoms with Gasteiger partial charge in [0.25, 0.3) is 11.8 Å². The summed E-state index contributed by atoms with van der Waals surface area (Å²) in [6, 6.07) is 57.7. The van der Waals surface area contributed by atoms with E-state index in [-0.39, 0.29) is 87.5 Å². The SMILES string of the molecule is CC(=O)O[C@H]1C(=O)[C@@]2(C)C([C@H](CC(=O)c3ccccc3)[C@]3(O)C[C@H](OC(=O)[C@H](O)[C@@H](NC(=O)c4ccccc4)c4ccccc4)C(C)=C1C3(C)C)[C@]1(OC(C)=O)COC1C[C@@H]2O.CC(=O)c1ccc(C(=O)O)cc1.COC(=O)c1ccc(C(=O)O[C@@H](C(=O)O[C@H]2C[C@@]3(O)[C@@H](CC(=O)c4ccccc4)C4[C@]5(OC(C)=O)COC5C[C@H](O)[C@@]4(C)C(=O)[C@H](OC(C)=O)C(=C2C)C3(C)C)[C@@H](NC(=O)c2ccccc2)c2ccccc2)cc1. The third-order valence-electron chi connectivity index (χ3n) is 31.3. The molecule has 6 aliphatic carbocycles. The van der Waals surface area contributed by atoms with E-state index in [2.05, 4.69) is 10.6 Å². The van der Waals surface area contributed by atoms with Crippen LogP contribution >= 0.6 is 0 Å². The number of ketones is 5. The van der Waals surface area contributed by atoms with Crippen LogP contribution in [-0.2, 0) is 85.7 Å². The van der Waals surface area contributed by atoms with E-state index < -0.39 is 255 Å². The number of hydrogen-bond acceptors (Lipinski definition) is 31. The second-order valence-corrected chi connectivity index (χ2v) is 40.4. The van der Waals surface area contributed by atoms with Crippen molar-refractivity contribution < 1.29 is 155 Å². The molecular formula is C114H120N2O32. The van der Waals surface area contributed by atoms with E-state index in [1.165, 1.54) is 97.2 Å². The molecule has 34 heteroatoms. The summed E-state index contributed by atoms with van der Waals surface area (Å²) in [7, 11) is 1.20. The number of ether oxygens (including phenoxy) is 10. The van der Waals surface area contributed by atoms with Crippen molar-refractivity contribution in [1.82, 2.24) is 10.6 Å². The van der Waals surface area contributed by atoms with Crippen molar-refractivity contribution in [2.45, 2.75) is 224 Å². The van der Waals surface area contributed by atoms with E-state index in [0.717, 1.165) is 13.8 Å². The molecule has 0 spiro atoms. The molecule has 4 saturated carbocycles. The van der Waals surface area contributed by atoms with Crippen LogP contribution in [-0.4, -0.2) is 229 Å². The summed E-state index contributed by atoms with van der Waals surface area (Å²) in [5.74, 6) is -17.7. The first kappa shape index (κ1) is 109. The topological polar surface area (TPSA) is 511 Å². The van der Waals surface area contributed by atoms with Gasteiger partial charge in [0, 0.05) is 129 Å². The van der Waals surface area contributed by atoms with Crippen LogP contribution in [0.5, 0.6) is 0 Å². The van der Waals surface area contributed by atoms with E-state index >= 15 is 14.4 Å². The predicted octanol–water partition coefficient (Wildman–Crippen LogP) is 12.0. The van der Waals surface area contributed by atoms with Crippen molar-refractivity contribution in [2.24, 2.45) is 45.3 Å². The van der Waals surface area contributed by atoms with Gasteiger partial charge in [-0.2, -0.15) is 0 Å². The fourth-order valence-corrected chi connectivity index (χ4v) is 23.6. The number of carbonyl (C=O) groups excluding carboxylic acids is 15. The number of carboxylic acids is 1. The Morgan fingerprint density at radius 3 is 1.08 bits per heavy atom. The zero-order chi connectivity index (χ0) is 108. The largest absolute Gasteiger partial charge is 0.478 e. The van der Waals surface area contributed by atoms with Crippen LogP contribution in [0.15, 0.2) is 253 Å². The molecule has 34 nitrogen and oxygen atoms in total. The Hall–Kier alpha value is -14.5. The molecule has 6 fully saturated rings. The lowest BCUT2D eigenvalue weighted by atomic mass is 9.41. The zero-order valence-corrected chi connectivity index (χ0v) is 84.1.